The molecule has 6 nitrogen and oxygen atoms in total. The second kappa shape index (κ2) is 6.55. The molecule has 0 radical (unpaired) electrons. The molecular weight excluding hydrogens is 256 g/mol. The molecule has 0 fully saturated rings. The molecule has 1 rings (SSSR count). The number of nitrogens with one attached hydrogen (secondary N) is 1. The molecule has 0 spiro atoms. The van der Waals surface area contributed by atoms with Gasteiger partial charge in [0.15, 0.2) is 0 Å². The van der Waals surface area contributed by atoms with Crippen molar-refractivity contribution in [2.75, 3.05) is 6.61 Å². The molecule has 0 saturated heterocycles. The third kappa shape index (κ3) is 4.50. The van der Waals surface area contributed by atoms with Gasteiger partial charge in [0.05, 0.1) is 6.61 Å². The standard InChI is InChI=1S/C11H18N2O4S/c1-2-3-4-5-6-17-11(14)10-7-9(8-13-10)18(12,15)16/h7-8,13H,2-6H2,1H3,(H2,12,15,16). The molecule has 0 aliphatic rings. The molecule has 0 amide bonds. The molecular formula is C11H18N2O4S. The Morgan fingerprint density at radius 1 is 1.39 bits per heavy atom. The van der Waals surface area contributed by atoms with Gasteiger partial charge in [0.25, 0.3) is 0 Å². The van der Waals surface area contributed by atoms with E-state index in [9.17, 15) is 13.2 Å². The minimum atomic E-state index is -3.79. The average Bonchev–Trinajstić information content (AvgIpc) is 2.77. The molecule has 0 atom stereocenters. The molecule has 0 aromatic carbocycles. The lowest BCUT2D eigenvalue weighted by Crippen LogP contribution is -2.11. The van der Waals surface area contributed by atoms with Crippen molar-refractivity contribution in [1.82, 2.24) is 4.98 Å². The van der Waals surface area contributed by atoms with E-state index >= 15 is 0 Å². The molecule has 3 N–H and O–H groups in total. The van der Waals surface area contributed by atoms with Crippen molar-refractivity contribution in [1.29, 1.82) is 0 Å². The number of primary sulfonamides is 1. The quantitative estimate of drug-likeness (QED) is 0.579. The number of ether oxygens (including phenoxy) is 1. The molecule has 18 heavy (non-hydrogen) atoms. The van der Waals surface area contributed by atoms with Gasteiger partial charge in [0.1, 0.15) is 10.6 Å². The van der Waals surface area contributed by atoms with E-state index in [1.807, 2.05) is 0 Å². The van der Waals surface area contributed by atoms with Gasteiger partial charge in [-0.15, -0.1) is 0 Å². The van der Waals surface area contributed by atoms with E-state index < -0.39 is 16.0 Å². The van der Waals surface area contributed by atoms with Gasteiger partial charge in [-0.2, -0.15) is 0 Å². The maximum absolute atomic E-state index is 11.5. The zero-order chi connectivity index (χ0) is 13.6. The van der Waals surface area contributed by atoms with E-state index in [1.165, 1.54) is 12.3 Å². The summed E-state index contributed by atoms with van der Waals surface area (Å²) in [6.45, 7) is 2.43. The van der Waals surface area contributed by atoms with Crippen LogP contribution in [0.1, 0.15) is 43.1 Å². The van der Waals surface area contributed by atoms with Crippen molar-refractivity contribution in [3.63, 3.8) is 0 Å². The Labute approximate surface area is 107 Å². The Morgan fingerprint density at radius 3 is 2.67 bits per heavy atom. The van der Waals surface area contributed by atoms with Crippen LogP contribution in [0.2, 0.25) is 0 Å². The van der Waals surface area contributed by atoms with Crippen LogP contribution in [0.4, 0.5) is 0 Å². The van der Waals surface area contributed by atoms with Gasteiger partial charge < -0.3 is 9.72 Å². The van der Waals surface area contributed by atoms with Crippen molar-refractivity contribution >= 4 is 16.0 Å². The molecule has 0 unspecified atom stereocenters. The molecule has 7 heteroatoms. The Hall–Kier alpha value is -1.34. The van der Waals surface area contributed by atoms with Crippen LogP contribution in [-0.4, -0.2) is 26.0 Å². The van der Waals surface area contributed by atoms with Gasteiger partial charge in [0.2, 0.25) is 10.0 Å². The van der Waals surface area contributed by atoms with Gasteiger partial charge in [0, 0.05) is 6.20 Å². The largest absolute Gasteiger partial charge is 0.461 e. The highest BCUT2D eigenvalue weighted by atomic mass is 32.2. The number of aromatic nitrogens is 1. The highest BCUT2D eigenvalue weighted by Crippen LogP contribution is 2.10. The van der Waals surface area contributed by atoms with Crippen molar-refractivity contribution < 1.29 is 17.9 Å². The SMILES string of the molecule is CCCCCCOC(=O)c1cc(S(N)(=O)=O)c[nH]1. The van der Waals surface area contributed by atoms with Crippen molar-refractivity contribution in [3.8, 4) is 0 Å². The Kier molecular flexibility index (Phi) is 5.36. The summed E-state index contributed by atoms with van der Waals surface area (Å²) in [7, 11) is -3.79. The number of hydrogen-bond acceptors (Lipinski definition) is 4. The van der Waals surface area contributed by atoms with Gasteiger partial charge in [-0.25, -0.2) is 18.4 Å². The number of hydrogen-bond donors (Lipinski definition) is 2. The Balaban J connectivity index is 2.45. The first-order valence-corrected chi connectivity index (χ1v) is 7.38. The molecule has 0 aliphatic carbocycles. The number of nitrogens with two attached hydrogens (primary N) is 1. The summed E-state index contributed by atoms with van der Waals surface area (Å²) in [6.07, 6.45) is 5.21. The van der Waals surface area contributed by atoms with Crippen LogP contribution in [0.5, 0.6) is 0 Å². The van der Waals surface area contributed by atoms with Crippen molar-refractivity contribution in [3.05, 3.63) is 18.0 Å². The van der Waals surface area contributed by atoms with Crippen molar-refractivity contribution in [2.45, 2.75) is 37.5 Å². The highest BCUT2D eigenvalue weighted by Gasteiger charge is 2.15. The fraction of sp³-hybridized carbons (Fsp3) is 0.545. The highest BCUT2D eigenvalue weighted by molar-refractivity contribution is 7.89. The average molecular weight is 274 g/mol. The summed E-state index contributed by atoms with van der Waals surface area (Å²) >= 11 is 0. The van der Waals surface area contributed by atoms with E-state index in [0.717, 1.165) is 25.7 Å². The summed E-state index contributed by atoms with van der Waals surface area (Å²) < 4.78 is 27.0. The third-order valence-corrected chi connectivity index (χ3v) is 3.33. The number of unbranched alkanes of at least 4 members (excludes halogenated alkanes) is 3. The van der Waals surface area contributed by atoms with Crippen LogP contribution < -0.4 is 5.14 Å². The van der Waals surface area contributed by atoms with E-state index in [4.69, 9.17) is 9.88 Å². The van der Waals surface area contributed by atoms with Crippen LogP contribution >= 0.6 is 0 Å². The van der Waals surface area contributed by atoms with Gasteiger partial charge in [-0.05, 0) is 12.5 Å². The first-order valence-electron chi connectivity index (χ1n) is 5.83. The normalized spacial score (nSPS) is 11.4. The second-order valence-electron chi connectivity index (χ2n) is 3.99. The predicted octanol–water partition coefficient (Wildman–Crippen LogP) is 1.40. The number of carbonyl (C=O) groups is 1. The molecule has 1 aromatic heterocycles. The van der Waals surface area contributed by atoms with Gasteiger partial charge in [-0.3, -0.25) is 0 Å². The van der Waals surface area contributed by atoms with Crippen molar-refractivity contribution in [2.24, 2.45) is 5.14 Å². The minimum Gasteiger partial charge on any atom is -0.461 e. The van der Waals surface area contributed by atoms with E-state index in [-0.39, 0.29) is 10.6 Å². The van der Waals surface area contributed by atoms with Crippen LogP contribution in [-0.2, 0) is 14.8 Å². The first kappa shape index (κ1) is 14.7. The molecule has 0 bridgehead atoms. The zero-order valence-electron chi connectivity index (χ0n) is 10.3. The number of H-pyrrole nitrogens is 1. The maximum atomic E-state index is 11.5. The predicted molar refractivity (Wildman–Crippen MR) is 66.6 cm³/mol. The lowest BCUT2D eigenvalue weighted by molar-refractivity contribution is 0.0491. The summed E-state index contributed by atoms with van der Waals surface area (Å²) in [5.41, 5.74) is 0.0921. The summed E-state index contributed by atoms with van der Waals surface area (Å²) in [5.74, 6) is -0.568. The van der Waals surface area contributed by atoms with Crippen LogP contribution in [0.25, 0.3) is 0 Å². The van der Waals surface area contributed by atoms with Gasteiger partial charge >= 0.3 is 5.97 Å². The number of aromatic amines is 1. The monoisotopic (exact) mass is 274 g/mol. The molecule has 1 heterocycles. The molecule has 1 aromatic rings. The number of carbonyl (C=O) groups excluding carboxylic acids is 1. The Bertz CT molecular complexity index is 493. The van der Waals surface area contributed by atoms with Gasteiger partial charge in [-0.1, -0.05) is 26.2 Å². The Morgan fingerprint density at radius 2 is 2.11 bits per heavy atom. The summed E-state index contributed by atoms with van der Waals surface area (Å²) in [4.78, 5) is 13.9. The lowest BCUT2D eigenvalue weighted by Gasteiger charge is -2.02. The number of sulfonamides is 1. The molecule has 0 aliphatic heterocycles. The lowest BCUT2D eigenvalue weighted by atomic mass is 10.2. The summed E-state index contributed by atoms with van der Waals surface area (Å²) in [5, 5.41) is 4.93. The van der Waals surface area contributed by atoms with E-state index in [1.54, 1.807) is 0 Å². The van der Waals surface area contributed by atoms with E-state index in [2.05, 4.69) is 11.9 Å². The third-order valence-electron chi connectivity index (χ3n) is 2.44. The second-order valence-corrected chi connectivity index (χ2v) is 5.55. The fourth-order valence-electron chi connectivity index (χ4n) is 1.43. The van der Waals surface area contributed by atoms with E-state index in [0.29, 0.717) is 6.61 Å². The van der Waals surface area contributed by atoms with Crippen LogP contribution in [0.3, 0.4) is 0 Å². The zero-order valence-corrected chi connectivity index (χ0v) is 11.1. The minimum absolute atomic E-state index is 0.0921. The van der Waals surface area contributed by atoms with Crippen LogP contribution in [0, 0.1) is 0 Å². The summed E-state index contributed by atoms with van der Waals surface area (Å²) in [6, 6.07) is 1.17. The van der Waals surface area contributed by atoms with Crippen LogP contribution in [0.15, 0.2) is 17.2 Å². The number of esters is 1. The fourth-order valence-corrected chi connectivity index (χ4v) is 1.93. The molecule has 0 saturated carbocycles. The maximum Gasteiger partial charge on any atom is 0.354 e. The first-order chi connectivity index (χ1) is 8.45. The molecule has 102 valence electrons. The number of rotatable bonds is 7. The smallest absolute Gasteiger partial charge is 0.354 e. The topological polar surface area (TPSA) is 102 Å².